The summed E-state index contributed by atoms with van der Waals surface area (Å²) < 4.78 is 29.0. The van der Waals surface area contributed by atoms with E-state index in [0.29, 0.717) is 40.7 Å². The topological polar surface area (TPSA) is 107 Å². The third-order valence-electron chi connectivity index (χ3n) is 6.53. The van der Waals surface area contributed by atoms with E-state index in [9.17, 15) is 15.3 Å². The molecule has 8 heteroatoms. The van der Waals surface area contributed by atoms with Crippen LogP contribution in [0.15, 0.2) is 24.3 Å². The van der Waals surface area contributed by atoms with Gasteiger partial charge in [-0.1, -0.05) is 0 Å². The van der Waals surface area contributed by atoms with E-state index in [2.05, 4.69) is 0 Å². The minimum atomic E-state index is -1.38. The first kappa shape index (κ1) is 20.2. The highest BCUT2D eigenvalue weighted by Gasteiger charge is 2.47. The van der Waals surface area contributed by atoms with E-state index >= 15 is 0 Å². The molecule has 0 bridgehead atoms. The van der Waals surface area contributed by atoms with Gasteiger partial charge in [-0.3, -0.25) is 0 Å². The van der Waals surface area contributed by atoms with E-state index in [-0.39, 0.29) is 12.5 Å². The van der Waals surface area contributed by atoms with Gasteiger partial charge in [0.2, 0.25) is 0 Å². The highest BCUT2D eigenvalue weighted by Crippen LogP contribution is 2.54. The molecule has 3 N–H and O–H groups in total. The van der Waals surface area contributed by atoms with Crippen LogP contribution in [0.5, 0.6) is 28.7 Å². The first-order valence-corrected chi connectivity index (χ1v) is 10.3. The smallest absolute Gasteiger partial charge is 0.164 e. The summed E-state index contributed by atoms with van der Waals surface area (Å²) in [4.78, 5) is 0. The Morgan fingerprint density at radius 1 is 1.06 bits per heavy atom. The maximum atomic E-state index is 11.4. The van der Waals surface area contributed by atoms with Crippen molar-refractivity contribution in [1.82, 2.24) is 0 Å². The molecule has 0 saturated heterocycles. The standard InChI is InChI=1S/C23H26O8/c1-23(26,10-24)19-7-13-14(30-19)5-4-11-21(25)20-12-6-16(27-2)17(28-3)8-15(12)29-9-18(20)31-22(11)13/h4-6,8,18-21,24-26H,7,9-10H2,1-3H3/t18-,19-,20+,21-,23?/m1/s1. The summed E-state index contributed by atoms with van der Waals surface area (Å²) in [5.74, 6) is 2.56. The van der Waals surface area contributed by atoms with Gasteiger partial charge in [-0.05, 0) is 25.1 Å². The Morgan fingerprint density at radius 2 is 1.81 bits per heavy atom. The summed E-state index contributed by atoms with van der Waals surface area (Å²) in [5, 5.41) is 31.3. The van der Waals surface area contributed by atoms with Crippen LogP contribution < -0.4 is 23.7 Å². The lowest BCUT2D eigenvalue weighted by Gasteiger charge is -2.41. The molecular formula is C23H26O8. The van der Waals surface area contributed by atoms with Crippen LogP contribution in [0.2, 0.25) is 0 Å². The van der Waals surface area contributed by atoms with Crippen LogP contribution in [0.25, 0.3) is 0 Å². The SMILES string of the molecule is COc1cc2c(cc1OC)[C@@H]1[C@H](O)c3ccc4c(c3O[C@@H]1CO2)C[C@H](C(C)(O)CO)O4. The maximum absolute atomic E-state index is 11.4. The predicted molar refractivity (Wildman–Crippen MR) is 109 cm³/mol. The summed E-state index contributed by atoms with van der Waals surface area (Å²) in [6.45, 7) is 1.39. The maximum Gasteiger partial charge on any atom is 0.164 e. The molecule has 0 fully saturated rings. The van der Waals surface area contributed by atoms with E-state index in [1.165, 1.54) is 6.92 Å². The fourth-order valence-electron chi connectivity index (χ4n) is 4.70. The Balaban J connectivity index is 1.54. The average molecular weight is 430 g/mol. The second-order valence-electron chi connectivity index (χ2n) is 8.47. The van der Waals surface area contributed by atoms with Gasteiger partial charge in [-0.25, -0.2) is 0 Å². The van der Waals surface area contributed by atoms with Crippen LogP contribution in [0.4, 0.5) is 0 Å². The van der Waals surface area contributed by atoms with Crippen molar-refractivity contribution in [3.05, 3.63) is 41.0 Å². The van der Waals surface area contributed by atoms with E-state index in [1.54, 1.807) is 32.4 Å². The van der Waals surface area contributed by atoms with E-state index in [0.717, 1.165) is 11.1 Å². The van der Waals surface area contributed by atoms with Crippen molar-refractivity contribution in [2.45, 2.75) is 43.2 Å². The van der Waals surface area contributed by atoms with Crippen LogP contribution in [-0.4, -0.2) is 60.6 Å². The molecule has 3 aliphatic heterocycles. The van der Waals surface area contributed by atoms with Gasteiger partial charge in [-0.2, -0.15) is 0 Å². The van der Waals surface area contributed by atoms with Crippen molar-refractivity contribution in [3.8, 4) is 28.7 Å². The Morgan fingerprint density at radius 3 is 2.52 bits per heavy atom. The number of ether oxygens (including phenoxy) is 5. The molecule has 0 radical (unpaired) electrons. The first-order valence-electron chi connectivity index (χ1n) is 10.3. The fraction of sp³-hybridized carbons (Fsp3) is 0.478. The summed E-state index contributed by atoms with van der Waals surface area (Å²) in [7, 11) is 3.13. The largest absolute Gasteiger partial charge is 0.493 e. The number of hydrogen-bond donors (Lipinski definition) is 3. The lowest BCUT2D eigenvalue weighted by molar-refractivity contribution is -0.0730. The van der Waals surface area contributed by atoms with Crippen LogP contribution in [-0.2, 0) is 6.42 Å². The van der Waals surface area contributed by atoms with E-state index < -0.39 is 30.5 Å². The van der Waals surface area contributed by atoms with Crippen molar-refractivity contribution in [3.63, 3.8) is 0 Å². The van der Waals surface area contributed by atoms with Crippen molar-refractivity contribution in [2.24, 2.45) is 0 Å². The zero-order valence-electron chi connectivity index (χ0n) is 17.6. The number of aliphatic hydroxyl groups is 3. The molecule has 1 unspecified atom stereocenters. The summed E-state index contributed by atoms with van der Waals surface area (Å²) >= 11 is 0. The molecule has 2 aromatic carbocycles. The normalized spacial score (nSPS) is 27.3. The molecule has 0 aliphatic carbocycles. The van der Waals surface area contributed by atoms with Gasteiger partial charge in [-0.15, -0.1) is 0 Å². The average Bonchev–Trinajstić information content (AvgIpc) is 3.23. The summed E-state index contributed by atoms with van der Waals surface area (Å²) in [6, 6.07) is 7.17. The third kappa shape index (κ3) is 3.01. The quantitative estimate of drug-likeness (QED) is 0.673. The lowest BCUT2D eigenvalue weighted by Crippen LogP contribution is -2.45. The summed E-state index contributed by atoms with van der Waals surface area (Å²) in [6.07, 6.45) is -1.45. The Bertz CT molecular complexity index is 1020. The predicted octanol–water partition coefficient (Wildman–Crippen LogP) is 1.72. The monoisotopic (exact) mass is 430 g/mol. The van der Waals surface area contributed by atoms with Gasteiger partial charge in [0.15, 0.2) is 11.5 Å². The summed E-state index contributed by atoms with van der Waals surface area (Å²) in [5.41, 5.74) is 0.858. The first-order chi connectivity index (χ1) is 14.9. The van der Waals surface area contributed by atoms with Crippen molar-refractivity contribution < 1.29 is 39.0 Å². The molecular weight excluding hydrogens is 404 g/mol. The van der Waals surface area contributed by atoms with Crippen LogP contribution in [0, 0.1) is 0 Å². The molecule has 8 nitrogen and oxygen atoms in total. The molecule has 3 aliphatic rings. The number of fused-ring (bicyclic) bond motifs is 6. The second kappa shape index (κ2) is 7.19. The molecule has 5 atom stereocenters. The van der Waals surface area contributed by atoms with Gasteiger partial charge in [0.25, 0.3) is 0 Å². The molecule has 3 heterocycles. The minimum absolute atomic E-state index is 0.270. The van der Waals surface area contributed by atoms with Gasteiger partial charge >= 0.3 is 0 Å². The lowest BCUT2D eigenvalue weighted by atomic mass is 9.80. The number of aliphatic hydroxyl groups excluding tert-OH is 2. The molecule has 2 aromatic rings. The fourth-order valence-corrected chi connectivity index (χ4v) is 4.70. The number of hydrogen-bond acceptors (Lipinski definition) is 8. The number of methoxy groups -OCH3 is 2. The number of rotatable bonds is 4. The molecule has 0 saturated carbocycles. The van der Waals surface area contributed by atoms with Gasteiger partial charge in [0, 0.05) is 29.2 Å². The molecule has 0 aromatic heterocycles. The molecule has 0 amide bonds. The van der Waals surface area contributed by atoms with Crippen LogP contribution in [0.3, 0.4) is 0 Å². The van der Waals surface area contributed by atoms with E-state index in [4.69, 9.17) is 23.7 Å². The zero-order valence-corrected chi connectivity index (χ0v) is 17.6. The highest BCUT2D eigenvalue weighted by molar-refractivity contribution is 5.58. The molecule has 31 heavy (non-hydrogen) atoms. The van der Waals surface area contributed by atoms with Crippen molar-refractivity contribution in [1.29, 1.82) is 0 Å². The molecule has 166 valence electrons. The molecule has 0 spiro atoms. The van der Waals surface area contributed by atoms with Crippen LogP contribution >= 0.6 is 0 Å². The number of benzene rings is 2. The Kier molecular flexibility index (Phi) is 4.69. The van der Waals surface area contributed by atoms with E-state index in [1.807, 2.05) is 6.07 Å². The van der Waals surface area contributed by atoms with Crippen molar-refractivity contribution in [2.75, 3.05) is 27.4 Å². The third-order valence-corrected chi connectivity index (χ3v) is 6.53. The molecule has 5 rings (SSSR count). The second-order valence-corrected chi connectivity index (χ2v) is 8.47. The van der Waals surface area contributed by atoms with Crippen molar-refractivity contribution >= 4 is 0 Å². The Labute approximate surface area is 179 Å². The highest BCUT2D eigenvalue weighted by atomic mass is 16.5. The van der Waals surface area contributed by atoms with Gasteiger partial charge in [0.1, 0.15) is 41.7 Å². The minimum Gasteiger partial charge on any atom is -0.493 e. The zero-order chi connectivity index (χ0) is 21.9. The van der Waals surface area contributed by atoms with Gasteiger partial charge < -0.3 is 39.0 Å². The Hall–Kier alpha value is -2.68. The van der Waals surface area contributed by atoms with Crippen LogP contribution in [0.1, 0.15) is 35.6 Å². The van der Waals surface area contributed by atoms with Gasteiger partial charge in [0.05, 0.1) is 32.8 Å².